The van der Waals surface area contributed by atoms with Gasteiger partial charge >= 0.3 is 11.9 Å². The third-order valence-corrected chi connectivity index (χ3v) is 1.65. The molecule has 0 aliphatic rings. The van der Waals surface area contributed by atoms with Crippen molar-refractivity contribution in [3.8, 4) is 0 Å². The molecule has 0 N–H and O–H groups in total. The van der Waals surface area contributed by atoms with Crippen LogP contribution in [0.15, 0.2) is 23.8 Å². The second-order valence-electron chi connectivity index (χ2n) is 3.02. The van der Waals surface area contributed by atoms with Crippen LogP contribution >= 0.6 is 0 Å². The van der Waals surface area contributed by atoms with Gasteiger partial charge in [-0.15, -0.1) is 0 Å². The largest absolute Gasteiger partial charge is 0.459 e. The maximum absolute atomic E-state index is 11.1. The summed E-state index contributed by atoms with van der Waals surface area (Å²) in [6.07, 6.45) is 1.65. The molecule has 15 heavy (non-hydrogen) atoms. The minimum Gasteiger partial charge on any atom is -0.459 e. The Balaban J connectivity index is 3.69. The molecule has 0 fully saturated rings. The lowest BCUT2D eigenvalue weighted by atomic mass is 10.3. The number of carbonyl (C=O) groups is 2. The van der Waals surface area contributed by atoms with E-state index in [9.17, 15) is 9.59 Å². The monoisotopic (exact) mass is 212 g/mol. The van der Waals surface area contributed by atoms with Gasteiger partial charge in [0.25, 0.3) is 0 Å². The van der Waals surface area contributed by atoms with E-state index >= 15 is 0 Å². The zero-order valence-electron chi connectivity index (χ0n) is 9.33. The smallest absolute Gasteiger partial charge is 0.333 e. The van der Waals surface area contributed by atoms with Gasteiger partial charge in [-0.25, -0.2) is 9.59 Å². The predicted octanol–water partition coefficient (Wildman–Crippen LogP) is 1.62. The normalized spacial score (nSPS) is 10.7. The fraction of sp³-hybridized carbons (Fsp3) is 0.455. The molecule has 0 saturated heterocycles. The molecule has 0 unspecified atom stereocenters. The van der Waals surface area contributed by atoms with Gasteiger partial charge in [-0.3, -0.25) is 0 Å². The first kappa shape index (κ1) is 13.4. The van der Waals surface area contributed by atoms with E-state index in [2.05, 4.69) is 6.58 Å². The summed E-state index contributed by atoms with van der Waals surface area (Å²) in [5, 5.41) is 0. The molecule has 0 aliphatic heterocycles. The van der Waals surface area contributed by atoms with Crippen molar-refractivity contribution in [1.82, 2.24) is 0 Å². The van der Waals surface area contributed by atoms with Gasteiger partial charge in [-0.05, 0) is 20.8 Å². The van der Waals surface area contributed by atoms with Gasteiger partial charge < -0.3 is 9.47 Å². The van der Waals surface area contributed by atoms with E-state index in [-0.39, 0.29) is 13.2 Å². The van der Waals surface area contributed by atoms with E-state index in [1.54, 1.807) is 26.8 Å². The molecule has 0 aromatic heterocycles. The minimum atomic E-state index is -0.478. The molecule has 0 bridgehead atoms. The van der Waals surface area contributed by atoms with E-state index in [0.717, 1.165) is 0 Å². The number of ether oxygens (including phenoxy) is 2. The van der Waals surface area contributed by atoms with Crippen LogP contribution in [0.2, 0.25) is 0 Å². The highest BCUT2D eigenvalue weighted by Gasteiger charge is 2.06. The van der Waals surface area contributed by atoms with Gasteiger partial charge in [0.15, 0.2) is 0 Å². The number of hydrogen-bond donors (Lipinski definition) is 0. The van der Waals surface area contributed by atoms with Crippen molar-refractivity contribution in [2.75, 3.05) is 13.2 Å². The van der Waals surface area contributed by atoms with Crippen molar-refractivity contribution < 1.29 is 19.1 Å². The Morgan fingerprint density at radius 1 is 1.13 bits per heavy atom. The van der Waals surface area contributed by atoms with Crippen molar-refractivity contribution in [2.24, 2.45) is 0 Å². The summed E-state index contributed by atoms with van der Waals surface area (Å²) < 4.78 is 9.54. The van der Waals surface area contributed by atoms with Gasteiger partial charge in [-0.2, -0.15) is 0 Å². The molecule has 4 nitrogen and oxygen atoms in total. The Kier molecular flexibility index (Phi) is 6.09. The summed E-state index contributed by atoms with van der Waals surface area (Å²) in [7, 11) is 0. The zero-order valence-corrected chi connectivity index (χ0v) is 9.33. The molecule has 0 heterocycles. The molecule has 0 radical (unpaired) electrons. The molecule has 84 valence electrons. The molecular formula is C11H16O4. The van der Waals surface area contributed by atoms with E-state index in [1.807, 2.05) is 0 Å². The van der Waals surface area contributed by atoms with Crippen molar-refractivity contribution in [2.45, 2.75) is 20.8 Å². The lowest BCUT2D eigenvalue weighted by Gasteiger charge is -2.05. The minimum absolute atomic E-state index is 0.0500. The number of hydrogen-bond acceptors (Lipinski definition) is 4. The van der Waals surface area contributed by atoms with Crippen LogP contribution in [-0.4, -0.2) is 25.2 Å². The first-order valence-electron chi connectivity index (χ1n) is 4.61. The highest BCUT2D eigenvalue weighted by atomic mass is 16.6. The first-order valence-corrected chi connectivity index (χ1v) is 4.61. The maximum atomic E-state index is 11.1. The molecule has 0 atom stereocenters. The summed E-state index contributed by atoms with van der Waals surface area (Å²) in [6.45, 7) is 8.48. The van der Waals surface area contributed by atoms with Crippen LogP contribution in [0.25, 0.3) is 0 Å². The number of carbonyl (C=O) groups excluding carboxylic acids is 2. The number of esters is 2. The quantitative estimate of drug-likeness (QED) is 0.394. The Morgan fingerprint density at radius 2 is 1.60 bits per heavy atom. The van der Waals surface area contributed by atoms with Crippen LogP contribution in [0.4, 0.5) is 0 Å². The summed E-state index contributed by atoms with van der Waals surface area (Å²) in [5.41, 5.74) is 0.854. The lowest BCUT2D eigenvalue weighted by Crippen LogP contribution is -2.14. The zero-order chi connectivity index (χ0) is 11.8. The van der Waals surface area contributed by atoms with Crippen LogP contribution in [0, 0.1) is 0 Å². The maximum Gasteiger partial charge on any atom is 0.333 e. The van der Waals surface area contributed by atoms with Crippen LogP contribution < -0.4 is 0 Å². The molecule has 0 aliphatic carbocycles. The van der Waals surface area contributed by atoms with E-state index in [4.69, 9.17) is 9.47 Å². The molecule has 4 heteroatoms. The van der Waals surface area contributed by atoms with E-state index in [0.29, 0.717) is 11.1 Å². The molecular weight excluding hydrogens is 196 g/mol. The average Bonchev–Trinajstić information content (AvgIpc) is 2.22. The van der Waals surface area contributed by atoms with E-state index in [1.165, 1.54) is 0 Å². The Morgan fingerprint density at radius 3 is 2.00 bits per heavy atom. The lowest BCUT2D eigenvalue weighted by molar-refractivity contribution is -0.147. The molecule has 0 saturated carbocycles. The first-order chi connectivity index (χ1) is 6.99. The molecule has 0 amide bonds. The Hall–Kier alpha value is -1.58. The summed E-state index contributed by atoms with van der Waals surface area (Å²) in [5.74, 6) is -0.877. The fourth-order valence-corrected chi connectivity index (χ4v) is 0.624. The standard InChI is InChI=1S/C11H16O4/c1-5-9(4)11(13)15-7-6-14-10(12)8(2)3/h5H,2,6-7H2,1,3-4H3/b9-5+. The van der Waals surface area contributed by atoms with Crippen molar-refractivity contribution in [1.29, 1.82) is 0 Å². The van der Waals surface area contributed by atoms with Gasteiger partial charge in [0.1, 0.15) is 13.2 Å². The van der Waals surface area contributed by atoms with Crippen LogP contribution in [0.1, 0.15) is 20.8 Å². The summed E-state index contributed by atoms with van der Waals surface area (Å²) in [4.78, 5) is 22.0. The number of allylic oxidation sites excluding steroid dienone is 1. The van der Waals surface area contributed by atoms with Crippen LogP contribution in [0.3, 0.4) is 0 Å². The fourth-order valence-electron chi connectivity index (χ4n) is 0.624. The summed E-state index contributed by atoms with van der Waals surface area (Å²) >= 11 is 0. The van der Waals surface area contributed by atoms with Crippen molar-refractivity contribution in [3.05, 3.63) is 23.8 Å². The van der Waals surface area contributed by atoms with Crippen molar-refractivity contribution >= 4 is 11.9 Å². The second-order valence-corrected chi connectivity index (χ2v) is 3.02. The SMILES string of the molecule is C=C(C)C(=O)OCCOC(=O)/C(C)=C/C. The third-order valence-electron chi connectivity index (χ3n) is 1.65. The van der Waals surface area contributed by atoms with E-state index < -0.39 is 11.9 Å². The molecule has 0 aromatic carbocycles. The molecule has 0 rings (SSSR count). The molecule has 0 aromatic rings. The van der Waals surface area contributed by atoms with Gasteiger partial charge in [0.2, 0.25) is 0 Å². The Bertz CT molecular complexity index is 289. The third kappa shape index (κ3) is 5.67. The van der Waals surface area contributed by atoms with Crippen molar-refractivity contribution in [3.63, 3.8) is 0 Å². The highest BCUT2D eigenvalue weighted by Crippen LogP contribution is 1.96. The highest BCUT2D eigenvalue weighted by molar-refractivity contribution is 5.88. The van der Waals surface area contributed by atoms with Gasteiger partial charge in [0.05, 0.1) is 0 Å². The average molecular weight is 212 g/mol. The Labute approximate surface area is 89.6 Å². The number of rotatable bonds is 5. The topological polar surface area (TPSA) is 52.6 Å². The summed E-state index contributed by atoms with van der Waals surface area (Å²) in [6, 6.07) is 0. The predicted molar refractivity (Wildman–Crippen MR) is 56.2 cm³/mol. The molecule has 0 spiro atoms. The van der Waals surface area contributed by atoms with Gasteiger partial charge in [0, 0.05) is 11.1 Å². The van der Waals surface area contributed by atoms with Gasteiger partial charge in [-0.1, -0.05) is 12.7 Å². The van der Waals surface area contributed by atoms with Crippen LogP contribution in [-0.2, 0) is 19.1 Å². The second kappa shape index (κ2) is 6.81. The van der Waals surface area contributed by atoms with Crippen LogP contribution in [0.5, 0.6) is 0 Å².